The summed E-state index contributed by atoms with van der Waals surface area (Å²) in [6.07, 6.45) is 14.3. The number of fused-ring (bicyclic) bond motifs is 6. The van der Waals surface area contributed by atoms with Crippen LogP contribution in [0.25, 0.3) is 27.1 Å². The van der Waals surface area contributed by atoms with Crippen molar-refractivity contribution in [3.63, 3.8) is 0 Å². The molecule has 3 N–H and O–H groups in total. The van der Waals surface area contributed by atoms with E-state index in [0.29, 0.717) is 44.5 Å². The Morgan fingerprint density at radius 3 is 2.15 bits per heavy atom. The van der Waals surface area contributed by atoms with Crippen molar-refractivity contribution < 1.29 is 27.1 Å². The molecule has 0 aromatic heterocycles. The third-order valence-corrected chi connectivity index (χ3v) is 14.6. The second kappa shape index (κ2) is 18.6. The Morgan fingerprint density at radius 2 is 1.48 bits per heavy atom. The maximum absolute atomic E-state index is 13.9. The van der Waals surface area contributed by atoms with Gasteiger partial charge in [-0.25, -0.2) is 0 Å². The number of hydrogen-bond donors (Lipinski definition) is 2. The number of allylic oxidation sites excluding steroid dienone is 8. The van der Waals surface area contributed by atoms with E-state index in [9.17, 15) is 17.8 Å². The molecule has 338 valence electrons. The molecule has 1 aliphatic carbocycles. The Hall–Kier alpha value is -5.77. The summed E-state index contributed by atoms with van der Waals surface area (Å²) in [6.45, 7) is 15.1. The molecule has 2 aliphatic heterocycles. The van der Waals surface area contributed by atoms with Crippen molar-refractivity contribution in [3.8, 4) is 0 Å². The van der Waals surface area contributed by atoms with E-state index in [1.807, 2.05) is 19.1 Å². The van der Waals surface area contributed by atoms with Gasteiger partial charge in [0.15, 0.2) is 5.71 Å². The van der Waals surface area contributed by atoms with Gasteiger partial charge in [0.2, 0.25) is 5.69 Å². The first-order valence-electron chi connectivity index (χ1n) is 23.4. The van der Waals surface area contributed by atoms with Crippen molar-refractivity contribution in [1.82, 2.24) is 0 Å². The SMILES string of the molecule is CCCCCN1C(=CC=C2CC(C(=O)OCC)CC(C=CC3=[N+](CCCCS(=O)(=O)O)c4ccc5ccccc5c4C3(C)C)=C2c2ccc(N)cc2)C(C)(C)c2c1ccc1ccccc21. The van der Waals surface area contributed by atoms with Gasteiger partial charge in [0.25, 0.3) is 10.1 Å². The lowest BCUT2D eigenvalue weighted by molar-refractivity contribution is -0.438. The highest BCUT2D eigenvalue weighted by Gasteiger charge is 2.46. The quantitative estimate of drug-likeness (QED) is 0.0354. The lowest BCUT2D eigenvalue weighted by Gasteiger charge is -2.29. The zero-order valence-corrected chi connectivity index (χ0v) is 39.7. The van der Waals surface area contributed by atoms with Gasteiger partial charge < -0.3 is 15.4 Å². The molecule has 1 unspecified atom stereocenters. The molecule has 65 heavy (non-hydrogen) atoms. The van der Waals surface area contributed by atoms with Gasteiger partial charge in [0.1, 0.15) is 6.54 Å². The van der Waals surface area contributed by atoms with E-state index in [1.165, 1.54) is 38.7 Å². The first kappa shape index (κ1) is 45.8. The number of nitrogens with zero attached hydrogens (tertiary/aromatic N) is 2. The molecule has 1 atom stereocenters. The van der Waals surface area contributed by atoms with Gasteiger partial charge in [-0.2, -0.15) is 13.0 Å². The summed E-state index contributed by atoms with van der Waals surface area (Å²) in [5.74, 6) is -0.883. The number of anilines is 2. The highest BCUT2D eigenvalue weighted by Crippen LogP contribution is 2.52. The van der Waals surface area contributed by atoms with E-state index in [1.54, 1.807) is 0 Å². The van der Waals surface area contributed by atoms with Crippen LogP contribution in [0.15, 0.2) is 138 Å². The summed E-state index contributed by atoms with van der Waals surface area (Å²) in [4.78, 5) is 16.4. The van der Waals surface area contributed by atoms with Gasteiger partial charge in [-0.3, -0.25) is 9.35 Å². The van der Waals surface area contributed by atoms with Crippen molar-refractivity contribution in [2.75, 3.05) is 36.1 Å². The number of benzene rings is 5. The van der Waals surface area contributed by atoms with E-state index in [0.717, 1.165) is 64.9 Å². The monoisotopic (exact) mass is 890 g/mol. The van der Waals surface area contributed by atoms with E-state index >= 15 is 0 Å². The average molecular weight is 891 g/mol. The maximum Gasteiger partial charge on any atom is 0.309 e. The minimum Gasteiger partial charge on any atom is -0.466 e. The molecular weight excluding hydrogens is 827 g/mol. The largest absolute Gasteiger partial charge is 0.466 e. The molecule has 0 spiro atoms. The molecule has 5 aromatic rings. The molecule has 0 saturated carbocycles. The molecule has 0 radical (unpaired) electrons. The molecule has 8 nitrogen and oxygen atoms in total. The predicted molar refractivity (Wildman–Crippen MR) is 269 cm³/mol. The lowest BCUT2D eigenvalue weighted by Crippen LogP contribution is -2.28. The number of carbonyl (C=O) groups is 1. The van der Waals surface area contributed by atoms with E-state index in [-0.39, 0.29) is 17.1 Å². The molecule has 0 bridgehead atoms. The number of rotatable bonds is 15. The second-order valence-corrected chi connectivity index (χ2v) is 20.5. The average Bonchev–Trinajstić information content (AvgIpc) is 3.64. The number of nitrogens with two attached hydrogens (primary N) is 1. The number of carbonyl (C=O) groups excluding carboxylic acids is 1. The van der Waals surface area contributed by atoms with Crippen LogP contribution in [0.2, 0.25) is 0 Å². The molecule has 0 amide bonds. The van der Waals surface area contributed by atoms with Crippen LogP contribution in [0.5, 0.6) is 0 Å². The van der Waals surface area contributed by atoms with Crippen molar-refractivity contribution in [2.24, 2.45) is 5.92 Å². The summed E-state index contributed by atoms with van der Waals surface area (Å²) < 4.78 is 41.1. The van der Waals surface area contributed by atoms with Crippen molar-refractivity contribution in [1.29, 1.82) is 0 Å². The van der Waals surface area contributed by atoms with Gasteiger partial charge in [-0.15, -0.1) is 0 Å². The van der Waals surface area contributed by atoms with Gasteiger partial charge in [-0.05, 0) is 126 Å². The van der Waals surface area contributed by atoms with Gasteiger partial charge in [-0.1, -0.05) is 112 Å². The van der Waals surface area contributed by atoms with E-state index < -0.39 is 21.5 Å². The van der Waals surface area contributed by atoms with Gasteiger partial charge in [0.05, 0.1) is 23.7 Å². The second-order valence-electron chi connectivity index (χ2n) is 19.0. The van der Waals surface area contributed by atoms with Crippen LogP contribution in [-0.4, -0.2) is 54.7 Å². The molecule has 8 rings (SSSR count). The predicted octanol–water partition coefficient (Wildman–Crippen LogP) is 12.4. The summed E-state index contributed by atoms with van der Waals surface area (Å²) >= 11 is 0. The fourth-order valence-electron chi connectivity index (χ4n) is 10.7. The van der Waals surface area contributed by atoms with E-state index in [4.69, 9.17) is 10.5 Å². The number of unbranched alkanes of at least 4 members (excludes halogenated alkanes) is 3. The van der Waals surface area contributed by atoms with Crippen LogP contribution < -0.4 is 10.6 Å². The maximum atomic E-state index is 13.9. The van der Waals surface area contributed by atoms with Crippen LogP contribution >= 0.6 is 0 Å². The third-order valence-electron chi connectivity index (χ3n) is 13.8. The Bertz CT molecular complexity index is 2920. The summed E-state index contributed by atoms with van der Waals surface area (Å²) in [7, 11) is -4.08. The van der Waals surface area contributed by atoms with Gasteiger partial charge in [0, 0.05) is 53.2 Å². The van der Waals surface area contributed by atoms with Crippen LogP contribution in [0.4, 0.5) is 17.1 Å². The normalized spacial score (nSPS) is 19.3. The van der Waals surface area contributed by atoms with Crippen molar-refractivity contribution in [3.05, 3.63) is 155 Å². The highest BCUT2D eigenvalue weighted by molar-refractivity contribution is 7.85. The molecule has 5 aromatic carbocycles. The fraction of sp³-hybridized carbons (Fsp3) is 0.357. The lowest BCUT2D eigenvalue weighted by atomic mass is 9.76. The summed E-state index contributed by atoms with van der Waals surface area (Å²) in [5, 5.41) is 4.84. The van der Waals surface area contributed by atoms with Crippen LogP contribution in [0.3, 0.4) is 0 Å². The first-order valence-corrected chi connectivity index (χ1v) is 25.0. The van der Waals surface area contributed by atoms with Crippen molar-refractivity contribution in [2.45, 2.75) is 97.3 Å². The van der Waals surface area contributed by atoms with Crippen LogP contribution in [0, 0.1) is 5.92 Å². The topological polar surface area (TPSA) is 113 Å². The zero-order chi connectivity index (χ0) is 46.1. The molecular formula is C56H64N3O5S+. The number of hydrogen-bond acceptors (Lipinski definition) is 6. The zero-order valence-electron chi connectivity index (χ0n) is 38.9. The minimum atomic E-state index is -4.08. The summed E-state index contributed by atoms with van der Waals surface area (Å²) in [5.41, 5.74) is 17.7. The Kier molecular flexibility index (Phi) is 13.1. The molecule has 2 heterocycles. The summed E-state index contributed by atoms with van der Waals surface area (Å²) in [6, 6.07) is 34.0. The Labute approximate surface area is 385 Å². The van der Waals surface area contributed by atoms with Crippen molar-refractivity contribution >= 4 is 66.0 Å². The number of esters is 1. The van der Waals surface area contributed by atoms with Crippen LogP contribution in [0.1, 0.15) is 103 Å². The standard InChI is InChI=1S/C56H63N3O5S/c1-7-9-14-33-58-47-29-23-38-17-10-12-19-45(38)52(47)55(3,4)49(58)31-25-41-36-43(54(60)64-8-2)37-42(51(41)40-21-27-44(57)28-22-40)26-32-50-56(5,6)53-46-20-13-11-18-39(46)24-30-48(53)59(50)34-15-16-35-65(61,62)63/h10-13,17-32,43,57H,7-9,14-16,33-37H2,1-6H3,(H,61,62,63)/p+1. The Morgan fingerprint density at radius 1 is 0.800 bits per heavy atom. The van der Waals surface area contributed by atoms with E-state index in [2.05, 4.69) is 153 Å². The smallest absolute Gasteiger partial charge is 0.309 e. The third kappa shape index (κ3) is 9.10. The number of ether oxygens (including phenoxy) is 1. The minimum absolute atomic E-state index is 0.206. The molecule has 3 aliphatic rings. The highest BCUT2D eigenvalue weighted by atomic mass is 32.2. The Balaban J connectivity index is 1.30. The molecule has 0 saturated heterocycles. The fourth-order valence-corrected chi connectivity index (χ4v) is 11.3. The first-order chi connectivity index (χ1) is 31.1. The number of nitrogen functional groups attached to an aromatic ring is 1. The van der Waals surface area contributed by atoms with Gasteiger partial charge >= 0.3 is 5.97 Å². The molecule has 0 fully saturated rings. The van der Waals surface area contributed by atoms with Crippen LogP contribution in [-0.2, 0) is 30.5 Å². The molecule has 9 heteroatoms.